The van der Waals surface area contributed by atoms with Crippen LogP contribution >= 0.6 is 0 Å². The van der Waals surface area contributed by atoms with Crippen LogP contribution < -0.4 is 10.6 Å². The van der Waals surface area contributed by atoms with Crippen molar-refractivity contribution in [3.05, 3.63) is 65.5 Å². The largest absolute Gasteiger partial charge is 0.335 e. The van der Waals surface area contributed by atoms with Crippen molar-refractivity contribution in [2.45, 2.75) is 38.9 Å². The highest BCUT2D eigenvalue weighted by Crippen LogP contribution is 2.14. The van der Waals surface area contributed by atoms with E-state index in [1.807, 2.05) is 12.1 Å². The Balaban J connectivity index is 1.38. The molecule has 0 aliphatic carbocycles. The first-order valence-electron chi connectivity index (χ1n) is 8.90. The Labute approximate surface area is 149 Å². The van der Waals surface area contributed by atoms with Gasteiger partial charge in [0, 0.05) is 44.6 Å². The zero-order valence-electron chi connectivity index (χ0n) is 14.7. The number of likely N-dealkylation sites (tertiary alicyclic amines) is 1. The molecule has 0 radical (unpaired) electrons. The van der Waals surface area contributed by atoms with Crippen LogP contribution in [0.4, 0.5) is 4.79 Å². The van der Waals surface area contributed by atoms with Crippen LogP contribution in [0.2, 0.25) is 0 Å². The lowest BCUT2D eigenvalue weighted by Gasteiger charge is -2.32. The zero-order valence-corrected chi connectivity index (χ0v) is 14.7. The molecule has 5 nitrogen and oxygen atoms in total. The van der Waals surface area contributed by atoms with Gasteiger partial charge < -0.3 is 10.6 Å². The van der Waals surface area contributed by atoms with Gasteiger partial charge in [-0.15, -0.1) is 0 Å². The molecule has 1 aromatic heterocycles. The second-order valence-corrected chi connectivity index (χ2v) is 6.72. The predicted octanol–water partition coefficient (Wildman–Crippen LogP) is 2.85. The normalized spacial score (nSPS) is 15.7. The third-order valence-electron chi connectivity index (χ3n) is 4.61. The Morgan fingerprint density at radius 2 is 1.92 bits per heavy atom. The minimum Gasteiger partial charge on any atom is -0.335 e. The van der Waals surface area contributed by atoms with Gasteiger partial charge in [-0.1, -0.05) is 29.8 Å². The molecular weight excluding hydrogens is 312 g/mol. The van der Waals surface area contributed by atoms with E-state index in [2.05, 4.69) is 51.7 Å². The molecule has 1 aliphatic rings. The van der Waals surface area contributed by atoms with Crippen molar-refractivity contribution in [1.82, 2.24) is 20.5 Å². The van der Waals surface area contributed by atoms with Crippen molar-refractivity contribution < 1.29 is 4.79 Å². The second-order valence-electron chi connectivity index (χ2n) is 6.72. The van der Waals surface area contributed by atoms with Gasteiger partial charge in [-0.3, -0.25) is 9.88 Å². The van der Waals surface area contributed by atoms with Crippen LogP contribution in [-0.4, -0.2) is 35.0 Å². The van der Waals surface area contributed by atoms with Crippen LogP contribution in [0.3, 0.4) is 0 Å². The minimum atomic E-state index is -0.0889. The number of rotatable bonds is 5. The van der Waals surface area contributed by atoms with E-state index < -0.39 is 0 Å². The average molecular weight is 338 g/mol. The molecule has 0 saturated carbocycles. The molecule has 0 bridgehead atoms. The van der Waals surface area contributed by atoms with Gasteiger partial charge in [-0.2, -0.15) is 0 Å². The van der Waals surface area contributed by atoms with Crippen molar-refractivity contribution in [1.29, 1.82) is 0 Å². The summed E-state index contributed by atoms with van der Waals surface area (Å²) in [5, 5.41) is 6.00. The van der Waals surface area contributed by atoms with Crippen molar-refractivity contribution >= 4 is 6.03 Å². The fraction of sp³-hybridized carbons (Fsp3) is 0.400. The third-order valence-corrected chi connectivity index (χ3v) is 4.61. The van der Waals surface area contributed by atoms with Gasteiger partial charge >= 0.3 is 6.03 Å². The van der Waals surface area contributed by atoms with E-state index in [0.29, 0.717) is 6.54 Å². The fourth-order valence-electron chi connectivity index (χ4n) is 3.22. The SMILES string of the molecule is Cc1cccc(CN2CCC(NC(=O)NCc3ccncc3)CC2)c1. The maximum atomic E-state index is 12.0. The summed E-state index contributed by atoms with van der Waals surface area (Å²) in [4.78, 5) is 18.5. The number of urea groups is 1. The number of carbonyl (C=O) groups excluding carboxylic acids is 1. The summed E-state index contributed by atoms with van der Waals surface area (Å²) in [6.45, 7) is 5.68. The maximum Gasteiger partial charge on any atom is 0.315 e. The summed E-state index contributed by atoms with van der Waals surface area (Å²) >= 11 is 0. The van der Waals surface area contributed by atoms with Crippen LogP contribution in [0.5, 0.6) is 0 Å². The van der Waals surface area contributed by atoms with E-state index in [4.69, 9.17) is 0 Å². The molecule has 2 heterocycles. The number of amides is 2. The molecule has 3 rings (SSSR count). The summed E-state index contributed by atoms with van der Waals surface area (Å²) in [5.41, 5.74) is 3.72. The number of benzene rings is 1. The maximum absolute atomic E-state index is 12.0. The molecule has 2 aromatic rings. The average Bonchev–Trinajstić information content (AvgIpc) is 2.63. The van der Waals surface area contributed by atoms with Crippen LogP contribution in [0.1, 0.15) is 29.5 Å². The molecular formula is C20H26N4O. The van der Waals surface area contributed by atoms with Crippen molar-refractivity contribution in [2.24, 2.45) is 0 Å². The molecule has 1 fully saturated rings. The smallest absolute Gasteiger partial charge is 0.315 e. The molecule has 0 atom stereocenters. The van der Waals surface area contributed by atoms with Gasteiger partial charge in [0.1, 0.15) is 0 Å². The van der Waals surface area contributed by atoms with Crippen molar-refractivity contribution in [3.8, 4) is 0 Å². The third kappa shape index (κ3) is 5.57. The highest BCUT2D eigenvalue weighted by Gasteiger charge is 2.20. The molecule has 132 valence electrons. The van der Waals surface area contributed by atoms with E-state index in [0.717, 1.165) is 38.0 Å². The van der Waals surface area contributed by atoms with Gasteiger partial charge in [0.2, 0.25) is 0 Å². The topological polar surface area (TPSA) is 57.3 Å². The number of piperidine rings is 1. The van der Waals surface area contributed by atoms with Gasteiger partial charge in [-0.25, -0.2) is 4.79 Å². The van der Waals surface area contributed by atoms with E-state index in [9.17, 15) is 4.79 Å². The quantitative estimate of drug-likeness (QED) is 0.881. The van der Waals surface area contributed by atoms with Crippen LogP contribution in [0, 0.1) is 6.92 Å². The highest BCUT2D eigenvalue weighted by molar-refractivity contribution is 5.74. The molecule has 1 aromatic carbocycles. The minimum absolute atomic E-state index is 0.0889. The first kappa shape index (κ1) is 17.4. The Kier molecular flexibility index (Phi) is 6.01. The lowest BCUT2D eigenvalue weighted by Crippen LogP contribution is -2.47. The molecule has 5 heteroatoms. The van der Waals surface area contributed by atoms with Gasteiger partial charge in [0.05, 0.1) is 0 Å². The summed E-state index contributed by atoms with van der Waals surface area (Å²) in [5.74, 6) is 0. The molecule has 1 saturated heterocycles. The number of aromatic nitrogens is 1. The van der Waals surface area contributed by atoms with E-state index in [-0.39, 0.29) is 12.1 Å². The lowest BCUT2D eigenvalue weighted by molar-refractivity contribution is 0.186. The molecule has 1 aliphatic heterocycles. The summed E-state index contributed by atoms with van der Waals surface area (Å²) in [6.07, 6.45) is 5.46. The Hall–Kier alpha value is -2.40. The Morgan fingerprint density at radius 3 is 2.64 bits per heavy atom. The standard InChI is InChI=1S/C20H26N4O/c1-16-3-2-4-18(13-16)15-24-11-7-19(8-12-24)23-20(25)22-14-17-5-9-21-10-6-17/h2-6,9-10,13,19H,7-8,11-12,14-15H2,1H3,(H2,22,23,25). The van der Waals surface area contributed by atoms with Gasteiger partial charge in [0.25, 0.3) is 0 Å². The number of nitrogens with zero attached hydrogens (tertiary/aromatic N) is 2. The van der Waals surface area contributed by atoms with Crippen LogP contribution in [0.15, 0.2) is 48.8 Å². The monoisotopic (exact) mass is 338 g/mol. The Morgan fingerprint density at radius 1 is 1.16 bits per heavy atom. The second kappa shape index (κ2) is 8.62. The molecule has 2 N–H and O–H groups in total. The van der Waals surface area contributed by atoms with Gasteiger partial charge in [-0.05, 0) is 43.0 Å². The summed E-state index contributed by atoms with van der Waals surface area (Å²) in [7, 11) is 0. The van der Waals surface area contributed by atoms with Crippen molar-refractivity contribution in [2.75, 3.05) is 13.1 Å². The van der Waals surface area contributed by atoms with Crippen LogP contribution in [0.25, 0.3) is 0 Å². The molecule has 2 amide bonds. The number of hydrogen-bond donors (Lipinski definition) is 2. The molecule has 0 unspecified atom stereocenters. The first-order valence-corrected chi connectivity index (χ1v) is 8.90. The van der Waals surface area contributed by atoms with Crippen molar-refractivity contribution in [3.63, 3.8) is 0 Å². The molecule has 25 heavy (non-hydrogen) atoms. The zero-order chi connectivity index (χ0) is 17.5. The summed E-state index contributed by atoms with van der Waals surface area (Å²) < 4.78 is 0. The van der Waals surface area contributed by atoms with Crippen LogP contribution in [-0.2, 0) is 13.1 Å². The number of aryl methyl sites for hydroxylation is 1. The number of nitrogens with one attached hydrogen (secondary N) is 2. The van der Waals surface area contributed by atoms with Gasteiger partial charge in [0.15, 0.2) is 0 Å². The molecule has 0 spiro atoms. The lowest BCUT2D eigenvalue weighted by atomic mass is 10.0. The Bertz CT molecular complexity index is 681. The van der Waals surface area contributed by atoms with E-state index in [1.165, 1.54) is 11.1 Å². The highest BCUT2D eigenvalue weighted by atomic mass is 16.2. The predicted molar refractivity (Wildman–Crippen MR) is 99.1 cm³/mol. The number of pyridine rings is 1. The summed E-state index contributed by atoms with van der Waals surface area (Å²) in [6, 6.07) is 12.7. The van der Waals surface area contributed by atoms with E-state index in [1.54, 1.807) is 12.4 Å². The number of carbonyl (C=O) groups is 1. The number of hydrogen-bond acceptors (Lipinski definition) is 3. The van der Waals surface area contributed by atoms with E-state index >= 15 is 0 Å². The first-order chi connectivity index (χ1) is 12.2. The fourth-order valence-corrected chi connectivity index (χ4v) is 3.22.